The van der Waals surface area contributed by atoms with Crippen LogP contribution in [0.4, 0.5) is 18.9 Å². The zero-order valence-corrected chi connectivity index (χ0v) is 10.2. The van der Waals surface area contributed by atoms with Gasteiger partial charge in [-0.25, -0.2) is 4.98 Å². The molecule has 0 unspecified atom stereocenters. The molecule has 2 aromatic rings. The topological polar surface area (TPSA) is 48.1 Å². The zero-order valence-electron chi connectivity index (χ0n) is 9.41. The molecule has 1 heterocycles. The lowest BCUT2D eigenvalue weighted by atomic mass is 10.2. The number of halogens is 4. The summed E-state index contributed by atoms with van der Waals surface area (Å²) in [7, 11) is 0. The van der Waals surface area contributed by atoms with Gasteiger partial charge < -0.3 is 10.5 Å². The van der Waals surface area contributed by atoms with Gasteiger partial charge in [0.2, 0.25) is 5.88 Å². The van der Waals surface area contributed by atoms with Crippen molar-refractivity contribution in [1.29, 1.82) is 0 Å². The third-order valence-electron chi connectivity index (χ3n) is 2.20. The van der Waals surface area contributed by atoms with E-state index in [2.05, 4.69) is 4.98 Å². The van der Waals surface area contributed by atoms with Gasteiger partial charge in [-0.15, -0.1) is 0 Å². The fourth-order valence-corrected chi connectivity index (χ4v) is 1.55. The Morgan fingerprint density at radius 1 is 1.11 bits per heavy atom. The molecule has 19 heavy (non-hydrogen) atoms. The maximum absolute atomic E-state index is 12.6. The lowest BCUT2D eigenvalue weighted by Gasteiger charge is -2.10. The maximum atomic E-state index is 12.6. The van der Waals surface area contributed by atoms with Crippen molar-refractivity contribution in [1.82, 2.24) is 4.98 Å². The van der Waals surface area contributed by atoms with Gasteiger partial charge in [-0.1, -0.05) is 11.6 Å². The van der Waals surface area contributed by atoms with Crippen molar-refractivity contribution in [2.75, 3.05) is 5.73 Å². The van der Waals surface area contributed by atoms with Gasteiger partial charge in [0.05, 0.1) is 5.56 Å². The first-order valence-electron chi connectivity index (χ1n) is 5.13. The fourth-order valence-electron chi connectivity index (χ4n) is 1.35. The molecule has 0 radical (unpaired) electrons. The van der Waals surface area contributed by atoms with Crippen molar-refractivity contribution in [2.45, 2.75) is 6.18 Å². The van der Waals surface area contributed by atoms with E-state index in [4.69, 9.17) is 22.1 Å². The normalized spacial score (nSPS) is 11.4. The van der Waals surface area contributed by atoms with E-state index in [0.717, 1.165) is 12.1 Å². The van der Waals surface area contributed by atoms with E-state index < -0.39 is 11.7 Å². The van der Waals surface area contributed by atoms with Crippen LogP contribution in [0.3, 0.4) is 0 Å². The van der Waals surface area contributed by atoms with Crippen molar-refractivity contribution in [2.24, 2.45) is 0 Å². The number of aromatic nitrogens is 1. The number of rotatable bonds is 2. The number of nitrogens with two attached hydrogens (primary N) is 1. The summed E-state index contributed by atoms with van der Waals surface area (Å²) in [4.78, 5) is 3.68. The third-order valence-corrected chi connectivity index (χ3v) is 2.39. The van der Waals surface area contributed by atoms with Crippen LogP contribution in [0.25, 0.3) is 0 Å². The van der Waals surface area contributed by atoms with Crippen molar-refractivity contribution in [3.63, 3.8) is 0 Å². The molecule has 7 heteroatoms. The van der Waals surface area contributed by atoms with Crippen LogP contribution in [0.1, 0.15) is 5.56 Å². The van der Waals surface area contributed by atoms with Gasteiger partial charge in [0, 0.05) is 11.8 Å². The third kappa shape index (κ3) is 3.51. The van der Waals surface area contributed by atoms with E-state index >= 15 is 0 Å². The highest BCUT2D eigenvalue weighted by Gasteiger charge is 2.31. The molecule has 0 aliphatic heterocycles. The monoisotopic (exact) mass is 288 g/mol. The summed E-state index contributed by atoms with van der Waals surface area (Å²) < 4.78 is 42.9. The molecule has 3 nitrogen and oxygen atoms in total. The standard InChI is InChI=1S/C12H8ClF3N2O/c13-10-5-7(12(14,15)16)6-11(18-10)19-9-3-1-8(17)2-4-9/h1-6H,17H2. The lowest BCUT2D eigenvalue weighted by Crippen LogP contribution is -2.05. The van der Waals surface area contributed by atoms with Crippen molar-refractivity contribution in [3.05, 3.63) is 47.1 Å². The van der Waals surface area contributed by atoms with Crippen molar-refractivity contribution >= 4 is 17.3 Å². The average molecular weight is 289 g/mol. The summed E-state index contributed by atoms with van der Waals surface area (Å²) in [6.07, 6.45) is -4.51. The minimum absolute atomic E-state index is 0.232. The largest absolute Gasteiger partial charge is 0.439 e. The van der Waals surface area contributed by atoms with Gasteiger partial charge in [0.15, 0.2) is 0 Å². The summed E-state index contributed by atoms with van der Waals surface area (Å²) in [5, 5.41) is -0.291. The van der Waals surface area contributed by atoms with E-state index in [1.807, 2.05) is 0 Å². The van der Waals surface area contributed by atoms with Gasteiger partial charge in [-0.2, -0.15) is 13.2 Å². The van der Waals surface area contributed by atoms with E-state index in [-0.39, 0.29) is 11.0 Å². The Labute approximate surface area is 111 Å². The highest BCUT2D eigenvalue weighted by atomic mass is 35.5. The quantitative estimate of drug-likeness (QED) is 0.668. The molecule has 0 atom stereocenters. The summed E-state index contributed by atoms with van der Waals surface area (Å²) in [6, 6.07) is 7.67. The summed E-state index contributed by atoms with van der Waals surface area (Å²) in [5.41, 5.74) is 5.08. The van der Waals surface area contributed by atoms with Crippen LogP contribution in [0.15, 0.2) is 36.4 Å². The summed E-state index contributed by atoms with van der Waals surface area (Å²) >= 11 is 5.54. The molecule has 0 aliphatic rings. The molecule has 1 aromatic heterocycles. The molecule has 0 aliphatic carbocycles. The number of ether oxygens (including phenoxy) is 1. The number of benzene rings is 1. The Bertz CT molecular complexity index is 585. The minimum Gasteiger partial charge on any atom is -0.439 e. The summed E-state index contributed by atoms with van der Waals surface area (Å²) in [6.45, 7) is 0. The Morgan fingerprint density at radius 3 is 2.32 bits per heavy atom. The Hall–Kier alpha value is -1.95. The molecule has 0 spiro atoms. The Morgan fingerprint density at radius 2 is 1.74 bits per heavy atom. The van der Waals surface area contributed by atoms with E-state index in [0.29, 0.717) is 11.4 Å². The molecule has 2 N–H and O–H groups in total. The SMILES string of the molecule is Nc1ccc(Oc2cc(C(F)(F)F)cc(Cl)n2)cc1. The fraction of sp³-hybridized carbons (Fsp3) is 0.0833. The number of alkyl halides is 3. The van der Waals surface area contributed by atoms with Crippen LogP contribution in [0, 0.1) is 0 Å². The van der Waals surface area contributed by atoms with E-state index in [1.54, 1.807) is 12.1 Å². The second kappa shape index (κ2) is 4.97. The molecule has 0 amide bonds. The molecule has 0 saturated heterocycles. The zero-order chi connectivity index (χ0) is 14.0. The molecule has 0 fully saturated rings. The maximum Gasteiger partial charge on any atom is 0.416 e. The number of nitrogen functional groups attached to an aromatic ring is 1. The van der Waals surface area contributed by atoms with Crippen LogP contribution < -0.4 is 10.5 Å². The number of nitrogens with zero attached hydrogens (tertiary/aromatic N) is 1. The van der Waals surface area contributed by atoms with Gasteiger partial charge in [-0.3, -0.25) is 0 Å². The highest BCUT2D eigenvalue weighted by molar-refractivity contribution is 6.29. The molecular formula is C12H8ClF3N2O. The second-order valence-electron chi connectivity index (χ2n) is 3.69. The first-order valence-corrected chi connectivity index (χ1v) is 5.50. The van der Waals surface area contributed by atoms with Gasteiger partial charge in [0.25, 0.3) is 0 Å². The molecule has 0 bridgehead atoms. The Kier molecular flexibility index (Phi) is 3.53. The lowest BCUT2D eigenvalue weighted by molar-refractivity contribution is -0.137. The van der Waals surface area contributed by atoms with E-state index in [9.17, 15) is 13.2 Å². The van der Waals surface area contributed by atoms with Crippen molar-refractivity contribution < 1.29 is 17.9 Å². The van der Waals surface area contributed by atoms with Crippen LogP contribution in [-0.2, 0) is 6.18 Å². The number of hydrogen-bond donors (Lipinski definition) is 1. The van der Waals surface area contributed by atoms with Crippen LogP contribution >= 0.6 is 11.6 Å². The first kappa shape index (κ1) is 13.5. The molecule has 2 rings (SSSR count). The molecule has 0 saturated carbocycles. The second-order valence-corrected chi connectivity index (χ2v) is 4.07. The number of pyridine rings is 1. The average Bonchev–Trinajstić information content (AvgIpc) is 2.30. The minimum atomic E-state index is -4.51. The van der Waals surface area contributed by atoms with Crippen molar-refractivity contribution in [3.8, 4) is 11.6 Å². The predicted molar refractivity (Wildman–Crippen MR) is 65.2 cm³/mol. The molecular weight excluding hydrogens is 281 g/mol. The molecule has 1 aromatic carbocycles. The first-order chi connectivity index (χ1) is 8.84. The number of anilines is 1. The predicted octanol–water partition coefficient (Wildman–Crippen LogP) is 4.13. The Balaban J connectivity index is 2.30. The molecule has 100 valence electrons. The van der Waals surface area contributed by atoms with Crippen LogP contribution in [-0.4, -0.2) is 4.98 Å². The van der Waals surface area contributed by atoms with Crippen LogP contribution in [0.2, 0.25) is 5.15 Å². The van der Waals surface area contributed by atoms with Gasteiger partial charge in [-0.05, 0) is 30.3 Å². The highest BCUT2D eigenvalue weighted by Crippen LogP contribution is 2.33. The van der Waals surface area contributed by atoms with Gasteiger partial charge in [0.1, 0.15) is 10.9 Å². The van der Waals surface area contributed by atoms with Gasteiger partial charge >= 0.3 is 6.18 Å². The van der Waals surface area contributed by atoms with E-state index in [1.165, 1.54) is 12.1 Å². The van der Waals surface area contributed by atoms with Crippen LogP contribution in [0.5, 0.6) is 11.6 Å². The summed E-state index contributed by atoms with van der Waals surface area (Å²) in [5.74, 6) is 0.0849. The smallest absolute Gasteiger partial charge is 0.416 e. The number of hydrogen-bond acceptors (Lipinski definition) is 3.